The highest BCUT2D eigenvalue weighted by Gasteiger charge is 2.26. The van der Waals surface area contributed by atoms with E-state index in [9.17, 15) is 14.7 Å². The van der Waals surface area contributed by atoms with E-state index in [1.54, 1.807) is 0 Å². The van der Waals surface area contributed by atoms with E-state index < -0.39 is 5.60 Å². The summed E-state index contributed by atoms with van der Waals surface area (Å²) in [4.78, 5) is 29.1. The van der Waals surface area contributed by atoms with Gasteiger partial charge < -0.3 is 19.5 Å². The molecule has 0 bridgehead atoms. The Balaban J connectivity index is 4.93. The second kappa shape index (κ2) is 49.3. The standard InChI is InChI=1S/C59H117NO5/c1-7-13-17-21-25-33-43-55(44-34-26-22-18-14-8-2)57(61)64-53-41-31-29-37-47-59(63,49-39-40-52-60(50-11-5)51-12-6)48-38-30-32-42-54-65-58(62)56(45-35-27-23-19-15-9-3)46-36-28-24-20-16-10-4/h55-56,63H,7-54H2,1-6H3. The number of hydrogen-bond donors (Lipinski definition) is 1. The van der Waals surface area contributed by atoms with E-state index in [0.717, 1.165) is 141 Å². The van der Waals surface area contributed by atoms with E-state index in [0.29, 0.717) is 13.2 Å². The van der Waals surface area contributed by atoms with E-state index in [1.165, 1.54) is 154 Å². The van der Waals surface area contributed by atoms with Gasteiger partial charge in [0.15, 0.2) is 0 Å². The number of esters is 2. The van der Waals surface area contributed by atoms with Crippen molar-refractivity contribution in [3.05, 3.63) is 0 Å². The van der Waals surface area contributed by atoms with Gasteiger partial charge in [-0.15, -0.1) is 0 Å². The fraction of sp³-hybridized carbons (Fsp3) is 0.966. The molecule has 0 rings (SSSR count). The number of rotatable bonds is 53. The molecule has 0 radical (unpaired) electrons. The zero-order valence-electron chi connectivity index (χ0n) is 45.1. The molecule has 0 aromatic heterocycles. The maximum absolute atomic E-state index is 13.2. The van der Waals surface area contributed by atoms with Gasteiger partial charge in [-0.1, -0.05) is 234 Å². The van der Waals surface area contributed by atoms with Gasteiger partial charge in [0, 0.05) is 0 Å². The van der Waals surface area contributed by atoms with Crippen molar-refractivity contribution in [1.29, 1.82) is 0 Å². The second-order valence-corrected chi connectivity index (χ2v) is 20.8. The Morgan fingerprint density at radius 1 is 0.354 bits per heavy atom. The van der Waals surface area contributed by atoms with Crippen LogP contribution < -0.4 is 0 Å². The molecule has 6 heteroatoms. The summed E-state index contributed by atoms with van der Waals surface area (Å²) >= 11 is 0. The van der Waals surface area contributed by atoms with Crippen molar-refractivity contribution in [2.24, 2.45) is 11.8 Å². The Labute approximate surface area is 407 Å². The van der Waals surface area contributed by atoms with Crippen molar-refractivity contribution in [3.8, 4) is 0 Å². The lowest BCUT2D eigenvalue weighted by Gasteiger charge is -2.29. The molecule has 0 unspecified atom stereocenters. The molecule has 6 nitrogen and oxygen atoms in total. The smallest absolute Gasteiger partial charge is 0.308 e. The van der Waals surface area contributed by atoms with Gasteiger partial charge in [-0.3, -0.25) is 9.59 Å². The monoisotopic (exact) mass is 920 g/mol. The van der Waals surface area contributed by atoms with Gasteiger partial charge in [-0.05, 0) is 103 Å². The number of aliphatic hydroxyl groups is 1. The van der Waals surface area contributed by atoms with Crippen molar-refractivity contribution in [2.45, 2.75) is 323 Å². The van der Waals surface area contributed by atoms with Crippen LogP contribution in [0.5, 0.6) is 0 Å². The zero-order chi connectivity index (χ0) is 47.7. The lowest BCUT2D eigenvalue weighted by Crippen LogP contribution is -2.30. The second-order valence-electron chi connectivity index (χ2n) is 20.8. The van der Waals surface area contributed by atoms with Gasteiger partial charge >= 0.3 is 11.9 Å². The third kappa shape index (κ3) is 41.5. The number of carbonyl (C=O) groups is 2. The van der Waals surface area contributed by atoms with Crippen LogP contribution in [-0.4, -0.2) is 60.4 Å². The van der Waals surface area contributed by atoms with Gasteiger partial charge in [-0.2, -0.15) is 0 Å². The molecule has 0 fully saturated rings. The zero-order valence-corrected chi connectivity index (χ0v) is 45.1. The summed E-state index contributed by atoms with van der Waals surface area (Å²) < 4.78 is 11.8. The average Bonchev–Trinajstić information content (AvgIpc) is 3.30. The number of unbranched alkanes of at least 4 members (excludes halogenated alkanes) is 27. The summed E-state index contributed by atoms with van der Waals surface area (Å²) in [6, 6.07) is 0. The molecule has 0 aliphatic heterocycles. The number of ether oxygens (including phenoxy) is 2. The van der Waals surface area contributed by atoms with Crippen LogP contribution >= 0.6 is 0 Å². The van der Waals surface area contributed by atoms with Crippen molar-refractivity contribution in [2.75, 3.05) is 32.8 Å². The lowest BCUT2D eigenvalue weighted by molar-refractivity contribution is -0.150. The number of nitrogens with zero attached hydrogens (tertiary/aromatic N) is 1. The van der Waals surface area contributed by atoms with Gasteiger partial charge in [0.2, 0.25) is 0 Å². The van der Waals surface area contributed by atoms with E-state index in [1.807, 2.05) is 0 Å². The van der Waals surface area contributed by atoms with Crippen molar-refractivity contribution >= 4 is 11.9 Å². The normalized spacial score (nSPS) is 12.0. The maximum atomic E-state index is 13.2. The van der Waals surface area contributed by atoms with Crippen LogP contribution in [0, 0.1) is 11.8 Å². The van der Waals surface area contributed by atoms with Crippen LogP contribution in [0.15, 0.2) is 0 Å². The number of hydrogen-bond acceptors (Lipinski definition) is 6. The van der Waals surface area contributed by atoms with Crippen molar-refractivity contribution in [3.63, 3.8) is 0 Å². The molecule has 0 saturated heterocycles. The van der Waals surface area contributed by atoms with Gasteiger partial charge in [0.05, 0.1) is 30.7 Å². The molecule has 0 aliphatic rings. The molecular weight excluding hydrogens is 803 g/mol. The van der Waals surface area contributed by atoms with Crippen LogP contribution in [0.2, 0.25) is 0 Å². The minimum Gasteiger partial charge on any atom is -0.465 e. The van der Waals surface area contributed by atoms with Crippen LogP contribution in [0.25, 0.3) is 0 Å². The number of carbonyl (C=O) groups excluding carboxylic acids is 2. The van der Waals surface area contributed by atoms with Crippen molar-refractivity contribution in [1.82, 2.24) is 4.90 Å². The van der Waals surface area contributed by atoms with Crippen LogP contribution in [0.1, 0.15) is 318 Å². The summed E-state index contributed by atoms with van der Waals surface area (Å²) in [6.07, 6.45) is 49.6. The molecule has 0 saturated carbocycles. The highest BCUT2D eigenvalue weighted by Crippen LogP contribution is 2.29. The fourth-order valence-electron chi connectivity index (χ4n) is 9.98. The van der Waals surface area contributed by atoms with Gasteiger partial charge in [0.25, 0.3) is 0 Å². The topological polar surface area (TPSA) is 76.1 Å². The largest absolute Gasteiger partial charge is 0.465 e. The fourth-order valence-corrected chi connectivity index (χ4v) is 9.98. The van der Waals surface area contributed by atoms with E-state index >= 15 is 0 Å². The van der Waals surface area contributed by atoms with Gasteiger partial charge in [-0.25, -0.2) is 0 Å². The first-order valence-corrected chi connectivity index (χ1v) is 29.6. The Morgan fingerprint density at radius 3 is 0.954 bits per heavy atom. The summed E-state index contributed by atoms with van der Waals surface area (Å²) in [5.74, 6) is 0.236. The summed E-state index contributed by atoms with van der Waals surface area (Å²) in [5.41, 5.74) is -0.611. The van der Waals surface area contributed by atoms with E-state index in [4.69, 9.17) is 9.47 Å². The predicted octanol–water partition coefficient (Wildman–Crippen LogP) is 18.2. The third-order valence-corrected chi connectivity index (χ3v) is 14.3. The first-order chi connectivity index (χ1) is 31.8. The van der Waals surface area contributed by atoms with Crippen molar-refractivity contribution < 1.29 is 24.2 Å². The molecule has 65 heavy (non-hydrogen) atoms. The molecule has 0 aromatic carbocycles. The SMILES string of the molecule is CCCCCCCCC(CCCCCCCC)C(=O)OCCCCCCC(O)(CCCCCCOC(=O)C(CCCCCCCC)CCCCCCCC)CCCCN(CCC)CCC. The average molecular weight is 921 g/mol. The molecule has 0 amide bonds. The van der Waals surface area contributed by atoms with Gasteiger partial charge in [0.1, 0.15) is 0 Å². The predicted molar refractivity (Wildman–Crippen MR) is 283 cm³/mol. The minimum atomic E-state index is -0.611. The van der Waals surface area contributed by atoms with E-state index in [2.05, 4.69) is 46.4 Å². The summed E-state index contributed by atoms with van der Waals surface area (Å²) in [6.45, 7) is 18.1. The first kappa shape index (κ1) is 63.9. The van der Waals surface area contributed by atoms with E-state index in [-0.39, 0.29) is 23.8 Å². The Morgan fingerprint density at radius 2 is 0.631 bits per heavy atom. The third-order valence-electron chi connectivity index (χ3n) is 14.3. The summed E-state index contributed by atoms with van der Waals surface area (Å²) in [5, 5.41) is 12.0. The lowest BCUT2D eigenvalue weighted by atomic mass is 9.85. The molecule has 1 N–H and O–H groups in total. The Hall–Kier alpha value is -1.14. The molecule has 0 heterocycles. The highest BCUT2D eigenvalue weighted by atomic mass is 16.5. The molecular formula is C59H117NO5. The maximum Gasteiger partial charge on any atom is 0.308 e. The summed E-state index contributed by atoms with van der Waals surface area (Å²) in [7, 11) is 0. The Kier molecular flexibility index (Phi) is 48.4. The minimum absolute atomic E-state index is 0.0484. The quantitative estimate of drug-likeness (QED) is 0.0484. The molecule has 0 aliphatic carbocycles. The van der Waals surface area contributed by atoms with Crippen LogP contribution in [-0.2, 0) is 19.1 Å². The van der Waals surface area contributed by atoms with Crippen LogP contribution in [0.3, 0.4) is 0 Å². The molecule has 0 atom stereocenters. The molecule has 0 spiro atoms. The molecule has 388 valence electrons. The van der Waals surface area contributed by atoms with Crippen LogP contribution in [0.4, 0.5) is 0 Å². The highest BCUT2D eigenvalue weighted by molar-refractivity contribution is 5.72. The molecule has 0 aromatic rings. The first-order valence-electron chi connectivity index (χ1n) is 29.6. The Bertz CT molecular complexity index is 888.